The second kappa shape index (κ2) is 9.33. The average molecular weight is 354 g/mol. The van der Waals surface area contributed by atoms with Crippen molar-refractivity contribution in [3.8, 4) is 0 Å². The van der Waals surface area contributed by atoms with Crippen LogP contribution in [0.25, 0.3) is 0 Å². The van der Waals surface area contributed by atoms with Crippen LogP contribution in [0.15, 0.2) is 0 Å². The van der Waals surface area contributed by atoms with Crippen LogP contribution in [-0.2, 0) is 19.0 Å². The number of rotatable bonds is 14. The van der Waals surface area contributed by atoms with Gasteiger partial charge in [-0.15, -0.1) is 0 Å². The van der Waals surface area contributed by atoms with Crippen LogP contribution in [0.5, 0.6) is 0 Å². The number of carboxylic acids is 1. The molecule has 0 spiro atoms. The molecule has 3 heterocycles. The summed E-state index contributed by atoms with van der Waals surface area (Å²) in [4.78, 5) is 10.6. The summed E-state index contributed by atoms with van der Waals surface area (Å²) in [5, 5.41) is 8.69. The lowest BCUT2D eigenvalue weighted by Crippen LogP contribution is -2.35. The van der Waals surface area contributed by atoms with Gasteiger partial charge in [-0.25, -0.2) is 0 Å². The highest BCUT2D eigenvalue weighted by molar-refractivity contribution is 5.66. The molecule has 3 saturated heterocycles. The molecule has 0 aromatic heterocycles. The number of hydrogen-bond donors (Lipinski definition) is 1. The van der Waals surface area contributed by atoms with Crippen molar-refractivity contribution in [3.05, 3.63) is 0 Å². The second-order valence-corrected chi connectivity index (χ2v) is 7.94. The van der Waals surface area contributed by atoms with Crippen LogP contribution >= 0.6 is 0 Å². The number of ether oxygens (including phenoxy) is 3. The van der Waals surface area contributed by atoms with E-state index in [4.69, 9.17) is 19.3 Å². The first-order valence-corrected chi connectivity index (χ1v) is 10.3. The van der Waals surface area contributed by atoms with Gasteiger partial charge in [0.05, 0.1) is 18.8 Å². The first-order chi connectivity index (χ1) is 12.2. The van der Waals surface area contributed by atoms with E-state index in [9.17, 15) is 4.79 Å². The molecule has 0 unspecified atom stereocenters. The normalized spacial score (nSPS) is 35.1. The number of fused-ring (bicyclic) bond motifs is 5. The molecule has 0 amide bonds. The number of hydrogen-bond acceptors (Lipinski definition) is 4. The summed E-state index contributed by atoms with van der Waals surface area (Å²) >= 11 is 0. The maximum atomic E-state index is 10.6. The molecule has 5 nitrogen and oxygen atoms in total. The molecule has 5 heteroatoms. The van der Waals surface area contributed by atoms with Crippen molar-refractivity contribution in [3.63, 3.8) is 0 Å². The maximum absolute atomic E-state index is 10.6. The zero-order chi connectivity index (χ0) is 17.6. The van der Waals surface area contributed by atoms with Crippen molar-refractivity contribution in [2.45, 2.75) is 95.5 Å². The molecule has 1 N–H and O–H groups in total. The molecule has 3 aliphatic heterocycles. The Morgan fingerprint density at radius 2 is 1.56 bits per heavy atom. The Kier molecular flexibility index (Phi) is 7.14. The molecule has 0 aromatic rings. The van der Waals surface area contributed by atoms with Crippen molar-refractivity contribution < 1.29 is 24.1 Å². The summed E-state index contributed by atoms with van der Waals surface area (Å²) in [7, 11) is 0. The third-order valence-electron chi connectivity index (χ3n) is 6.05. The van der Waals surface area contributed by atoms with E-state index in [2.05, 4.69) is 6.92 Å². The van der Waals surface area contributed by atoms with Crippen molar-refractivity contribution in [1.29, 1.82) is 0 Å². The molecule has 3 rings (SSSR count). The van der Waals surface area contributed by atoms with Crippen molar-refractivity contribution in [2.75, 3.05) is 13.2 Å². The zero-order valence-corrected chi connectivity index (χ0v) is 15.5. The van der Waals surface area contributed by atoms with Crippen LogP contribution in [0.1, 0.15) is 71.1 Å². The van der Waals surface area contributed by atoms with Gasteiger partial charge in [0.2, 0.25) is 0 Å². The fourth-order valence-electron chi connectivity index (χ4n) is 4.63. The highest BCUT2D eigenvalue weighted by Crippen LogP contribution is 2.55. The molecular weight excluding hydrogens is 320 g/mol. The lowest BCUT2D eigenvalue weighted by atomic mass is 9.77. The number of carboxylic acid groups (broad SMARTS) is 1. The molecule has 144 valence electrons. The number of unbranched alkanes of at least 4 members (excludes halogenated alkanes) is 6. The number of carbonyl (C=O) groups is 1. The standard InChI is InChI=1S/C20H34O5/c1-2-3-4-9-12-23-13-15-14(10-7-5-6-8-11-16(21)22)17-19-20(25-19)18(15)24-17/h14-15,17-20H,2-13H2,1H3,(H,21,22)/t14-,15+,17+,18-,19-,20+/m0/s1. The van der Waals surface area contributed by atoms with E-state index in [1.807, 2.05) is 0 Å². The molecule has 25 heavy (non-hydrogen) atoms. The third kappa shape index (κ3) is 4.95. The minimum Gasteiger partial charge on any atom is -0.481 e. The Hall–Kier alpha value is -0.650. The van der Waals surface area contributed by atoms with Crippen LogP contribution in [0.4, 0.5) is 0 Å². The van der Waals surface area contributed by atoms with Crippen LogP contribution in [0.3, 0.4) is 0 Å². The fraction of sp³-hybridized carbons (Fsp3) is 0.950. The lowest BCUT2D eigenvalue weighted by molar-refractivity contribution is -0.137. The van der Waals surface area contributed by atoms with Gasteiger partial charge >= 0.3 is 5.97 Å². The summed E-state index contributed by atoms with van der Waals surface area (Å²) in [6.07, 6.45) is 11.7. The average Bonchev–Trinajstić information content (AvgIpc) is 3.22. The smallest absolute Gasteiger partial charge is 0.303 e. The van der Waals surface area contributed by atoms with Crippen LogP contribution in [0.2, 0.25) is 0 Å². The van der Waals surface area contributed by atoms with E-state index in [0.717, 1.165) is 51.7 Å². The van der Waals surface area contributed by atoms with Crippen LogP contribution in [-0.4, -0.2) is 48.7 Å². The molecule has 0 radical (unpaired) electrons. The van der Waals surface area contributed by atoms with E-state index >= 15 is 0 Å². The number of aliphatic carboxylic acids is 1. The Balaban J connectivity index is 1.34. The summed E-state index contributed by atoms with van der Waals surface area (Å²) in [6.45, 7) is 3.90. The van der Waals surface area contributed by atoms with Gasteiger partial charge in [-0.05, 0) is 25.2 Å². The largest absolute Gasteiger partial charge is 0.481 e. The summed E-state index contributed by atoms with van der Waals surface area (Å²) in [6, 6.07) is 0. The Morgan fingerprint density at radius 3 is 2.32 bits per heavy atom. The van der Waals surface area contributed by atoms with Gasteiger partial charge in [0.1, 0.15) is 12.2 Å². The van der Waals surface area contributed by atoms with Gasteiger partial charge in [0.15, 0.2) is 0 Å². The first-order valence-electron chi connectivity index (χ1n) is 10.3. The van der Waals surface area contributed by atoms with Gasteiger partial charge < -0.3 is 19.3 Å². The molecule has 3 fully saturated rings. The van der Waals surface area contributed by atoms with E-state index in [1.54, 1.807) is 0 Å². The van der Waals surface area contributed by atoms with E-state index in [1.165, 1.54) is 19.3 Å². The minimum atomic E-state index is -0.686. The van der Waals surface area contributed by atoms with Crippen molar-refractivity contribution in [1.82, 2.24) is 0 Å². The van der Waals surface area contributed by atoms with E-state index < -0.39 is 5.97 Å². The SMILES string of the molecule is CCCCCCOC[C@@H]1[C@H](CCCCCCC(=O)O)[C@H]2O[C@@H]1[C@H]1O[C@H]12. The van der Waals surface area contributed by atoms with Gasteiger partial charge in [0, 0.05) is 18.9 Å². The predicted molar refractivity (Wildman–Crippen MR) is 94.6 cm³/mol. The highest BCUT2D eigenvalue weighted by Gasteiger charge is 2.68. The maximum Gasteiger partial charge on any atom is 0.303 e. The predicted octanol–water partition coefficient (Wildman–Crippen LogP) is 3.79. The Morgan fingerprint density at radius 1 is 0.880 bits per heavy atom. The highest BCUT2D eigenvalue weighted by atomic mass is 16.7. The van der Waals surface area contributed by atoms with Crippen LogP contribution in [0, 0.1) is 11.8 Å². The minimum absolute atomic E-state index is 0.252. The zero-order valence-electron chi connectivity index (χ0n) is 15.5. The van der Waals surface area contributed by atoms with Crippen molar-refractivity contribution in [2.24, 2.45) is 11.8 Å². The molecule has 0 aliphatic carbocycles. The molecule has 0 saturated carbocycles. The first kappa shape index (κ1) is 19.1. The Labute approximate surface area is 151 Å². The summed E-state index contributed by atoms with van der Waals surface area (Å²) in [5.41, 5.74) is 0. The second-order valence-electron chi connectivity index (χ2n) is 7.94. The van der Waals surface area contributed by atoms with Gasteiger partial charge in [-0.3, -0.25) is 4.79 Å². The summed E-state index contributed by atoms with van der Waals surface area (Å²) in [5.74, 6) is 0.359. The molecule has 6 atom stereocenters. The topological polar surface area (TPSA) is 68.3 Å². The lowest BCUT2D eigenvalue weighted by Gasteiger charge is -2.26. The monoisotopic (exact) mass is 354 g/mol. The summed E-state index contributed by atoms with van der Waals surface area (Å²) < 4.78 is 18.0. The Bertz CT molecular complexity index is 426. The molecule has 0 aromatic carbocycles. The van der Waals surface area contributed by atoms with Crippen molar-refractivity contribution >= 4 is 5.97 Å². The van der Waals surface area contributed by atoms with Crippen LogP contribution < -0.4 is 0 Å². The van der Waals surface area contributed by atoms with E-state index in [-0.39, 0.29) is 12.2 Å². The van der Waals surface area contributed by atoms with Gasteiger partial charge in [0.25, 0.3) is 0 Å². The third-order valence-corrected chi connectivity index (χ3v) is 6.05. The number of epoxide rings is 1. The molecular formula is C20H34O5. The molecule has 3 aliphatic rings. The fourth-order valence-corrected chi connectivity index (χ4v) is 4.63. The van der Waals surface area contributed by atoms with Gasteiger partial charge in [-0.2, -0.15) is 0 Å². The van der Waals surface area contributed by atoms with Gasteiger partial charge in [-0.1, -0.05) is 45.4 Å². The molecule has 2 bridgehead atoms. The van der Waals surface area contributed by atoms with E-state index in [0.29, 0.717) is 30.5 Å². The quantitative estimate of drug-likeness (QED) is 0.380.